The lowest BCUT2D eigenvalue weighted by atomic mass is 9.91. The van der Waals surface area contributed by atoms with Crippen LogP contribution >= 0.6 is 0 Å². The van der Waals surface area contributed by atoms with Gasteiger partial charge in [0.1, 0.15) is 11.5 Å². The Labute approximate surface area is 141 Å². The molecule has 4 rings (SSSR count). The molecule has 1 saturated heterocycles. The van der Waals surface area contributed by atoms with Crippen LogP contribution in [0.4, 0.5) is 0 Å². The van der Waals surface area contributed by atoms with E-state index in [0.717, 1.165) is 43.5 Å². The van der Waals surface area contributed by atoms with Gasteiger partial charge in [-0.05, 0) is 50.2 Å². The van der Waals surface area contributed by atoms with Crippen LogP contribution in [0.1, 0.15) is 61.4 Å². The quantitative estimate of drug-likeness (QED) is 0.875. The van der Waals surface area contributed by atoms with E-state index in [9.17, 15) is 0 Å². The van der Waals surface area contributed by atoms with Crippen LogP contribution in [-0.4, -0.2) is 23.4 Å². The van der Waals surface area contributed by atoms with E-state index in [-0.39, 0.29) is 6.04 Å². The van der Waals surface area contributed by atoms with E-state index >= 15 is 0 Å². The van der Waals surface area contributed by atoms with Gasteiger partial charge in [-0.1, -0.05) is 12.1 Å². The highest BCUT2D eigenvalue weighted by Crippen LogP contribution is 2.47. The molecule has 1 aliphatic carbocycles. The van der Waals surface area contributed by atoms with Crippen LogP contribution in [0.3, 0.4) is 0 Å². The van der Waals surface area contributed by atoms with Crippen LogP contribution in [0.5, 0.6) is 0 Å². The number of nitrogens with one attached hydrogen (secondary N) is 1. The Bertz CT molecular complexity index is 675. The van der Waals surface area contributed by atoms with E-state index in [4.69, 9.17) is 13.7 Å². The molecule has 1 N–H and O–H groups in total. The van der Waals surface area contributed by atoms with Gasteiger partial charge in [-0.3, -0.25) is 5.32 Å². The van der Waals surface area contributed by atoms with Crippen molar-refractivity contribution in [1.82, 2.24) is 15.5 Å². The van der Waals surface area contributed by atoms with Gasteiger partial charge in [0.15, 0.2) is 5.82 Å². The number of hydrogen-bond acceptors (Lipinski definition) is 6. The molecule has 0 aromatic carbocycles. The van der Waals surface area contributed by atoms with E-state index in [1.807, 2.05) is 6.92 Å². The average molecular weight is 331 g/mol. The molecule has 2 aliphatic rings. The molecule has 1 aliphatic heterocycles. The van der Waals surface area contributed by atoms with E-state index in [0.29, 0.717) is 30.1 Å². The van der Waals surface area contributed by atoms with Gasteiger partial charge in [-0.15, -0.1) is 0 Å². The highest BCUT2D eigenvalue weighted by atomic mass is 16.5. The van der Waals surface area contributed by atoms with Gasteiger partial charge in [0, 0.05) is 19.1 Å². The molecule has 0 radical (unpaired) electrons. The van der Waals surface area contributed by atoms with Crippen LogP contribution in [0.25, 0.3) is 0 Å². The molecule has 2 aromatic rings. The summed E-state index contributed by atoms with van der Waals surface area (Å²) in [4.78, 5) is 4.44. The first-order chi connectivity index (χ1) is 11.7. The van der Waals surface area contributed by atoms with Crippen molar-refractivity contribution in [2.45, 2.75) is 51.6 Å². The number of ether oxygens (including phenoxy) is 1. The zero-order valence-corrected chi connectivity index (χ0v) is 14.3. The van der Waals surface area contributed by atoms with Crippen molar-refractivity contribution in [1.29, 1.82) is 0 Å². The molecule has 2 fully saturated rings. The van der Waals surface area contributed by atoms with Crippen molar-refractivity contribution in [3.8, 4) is 0 Å². The summed E-state index contributed by atoms with van der Waals surface area (Å²) in [5.41, 5.74) is 0. The second-order valence-corrected chi connectivity index (χ2v) is 7.11. The lowest BCUT2D eigenvalue weighted by molar-refractivity contribution is 0.0482. The topological polar surface area (TPSA) is 73.3 Å². The van der Waals surface area contributed by atoms with Crippen molar-refractivity contribution in [3.05, 3.63) is 35.4 Å². The van der Waals surface area contributed by atoms with Crippen molar-refractivity contribution in [2.24, 2.45) is 11.8 Å². The van der Waals surface area contributed by atoms with Crippen molar-refractivity contribution < 1.29 is 13.7 Å². The Balaban J connectivity index is 1.44. The van der Waals surface area contributed by atoms with Crippen LogP contribution in [0, 0.1) is 18.8 Å². The lowest BCUT2D eigenvalue weighted by Gasteiger charge is -2.28. The molecule has 2 aromatic heterocycles. The van der Waals surface area contributed by atoms with Crippen molar-refractivity contribution in [3.63, 3.8) is 0 Å². The van der Waals surface area contributed by atoms with Gasteiger partial charge in [-0.25, -0.2) is 0 Å². The van der Waals surface area contributed by atoms with E-state index in [1.165, 1.54) is 6.42 Å². The number of furan rings is 1. The highest BCUT2D eigenvalue weighted by Gasteiger charge is 2.36. The summed E-state index contributed by atoms with van der Waals surface area (Å²) < 4.78 is 16.9. The number of hydrogen-bond donors (Lipinski definition) is 1. The molecule has 3 atom stereocenters. The van der Waals surface area contributed by atoms with Gasteiger partial charge in [0.25, 0.3) is 0 Å². The smallest absolute Gasteiger partial charge is 0.244 e. The van der Waals surface area contributed by atoms with Gasteiger partial charge in [0.2, 0.25) is 5.89 Å². The average Bonchev–Trinajstić information content (AvgIpc) is 2.99. The fourth-order valence-corrected chi connectivity index (χ4v) is 3.56. The summed E-state index contributed by atoms with van der Waals surface area (Å²) in [6.07, 6.45) is 3.25. The fraction of sp³-hybridized carbons (Fsp3) is 0.667. The predicted molar refractivity (Wildman–Crippen MR) is 87.4 cm³/mol. The van der Waals surface area contributed by atoms with Crippen LogP contribution < -0.4 is 5.32 Å². The predicted octanol–water partition coefficient (Wildman–Crippen LogP) is 3.35. The zero-order chi connectivity index (χ0) is 16.5. The molecule has 0 spiro atoms. The lowest BCUT2D eigenvalue weighted by Crippen LogP contribution is -2.32. The first-order valence-electron chi connectivity index (χ1n) is 8.90. The summed E-state index contributed by atoms with van der Waals surface area (Å²) >= 11 is 0. The number of aryl methyl sites for hydroxylation is 1. The Morgan fingerprint density at radius 3 is 2.75 bits per heavy atom. The Morgan fingerprint density at radius 2 is 2.08 bits per heavy atom. The summed E-state index contributed by atoms with van der Waals surface area (Å²) in [5.74, 6) is 5.25. The van der Waals surface area contributed by atoms with Crippen molar-refractivity contribution in [2.75, 3.05) is 13.2 Å². The molecule has 0 amide bonds. The molecule has 0 unspecified atom stereocenters. The van der Waals surface area contributed by atoms with E-state index < -0.39 is 0 Å². The third-order valence-corrected chi connectivity index (χ3v) is 5.20. The first-order valence-corrected chi connectivity index (χ1v) is 8.90. The third kappa shape index (κ3) is 3.39. The Kier molecular flexibility index (Phi) is 4.41. The minimum atomic E-state index is 0.0449. The maximum atomic E-state index is 6.00. The maximum Gasteiger partial charge on any atom is 0.244 e. The minimum Gasteiger partial charge on any atom is -0.464 e. The highest BCUT2D eigenvalue weighted by molar-refractivity contribution is 5.17. The minimum absolute atomic E-state index is 0.0449. The van der Waals surface area contributed by atoms with Crippen LogP contribution in [0.2, 0.25) is 0 Å². The van der Waals surface area contributed by atoms with E-state index in [2.05, 4.69) is 34.5 Å². The molecule has 130 valence electrons. The number of rotatable bonds is 6. The summed E-state index contributed by atoms with van der Waals surface area (Å²) in [5, 5.41) is 7.52. The van der Waals surface area contributed by atoms with Gasteiger partial charge < -0.3 is 13.7 Å². The SMILES string of the molecule is Cc1noc([C@H](NCc2ccc([C@@H]3C[C@H]3C)o2)C2CCOCC2)n1. The Morgan fingerprint density at radius 1 is 1.29 bits per heavy atom. The van der Waals surface area contributed by atoms with Crippen LogP contribution in [0.15, 0.2) is 21.1 Å². The summed E-state index contributed by atoms with van der Waals surface area (Å²) in [7, 11) is 0. The normalized spacial score (nSPS) is 25.8. The molecule has 3 heterocycles. The molecule has 24 heavy (non-hydrogen) atoms. The molecule has 6 heteroatoms. The van der Waals surface area contributed by atoms with Crippen molar-refractivity contribution >= 4 is 0 Å². The first kappa shape index (κ1) is 15.8. The fourth-order valence-electron chi connectivity index (χ4n) is 3.56. The summed E-state index contributed by atoms with van der Waals surface area (Å²) in [6, 6.07) is 4.24. The van der Waals surface area contributed by atoms with E-state index in [1.54, 1.807) is 0 Å². The number of nitrogens with zero attached hydrogens (tertiary/aromatic N) is 2. The van der Waals surface area contributed by atoms with Crippen LogP contribution in [-0.2, 0) is 11.3 Å². The second kappa shape index (κ2) is 6.69. The largest absolute Gasteiger partial charge is 0.464 e. The van der Waals surface area contributed by atoms with Gasteiger partial charge >= 0.3 is 0 Å². The molecule has 1 saturated carbocycles. The molecule has 0 bridgehead atoms. The number of aromatic nitrogens is 2. The Hall–Kier alpha value is -1.66. The zero-order valence-electron chi connectivity index (χ0n) is 14.3. The third-order valence-electron chi connectivity index (χ3n) is 5.20. The van der Waals surface area contributed by atoms with Gasteiger partial charge in [0.05, 0.1) is 12.6 Å². The molecular weight excluding hydrogens is 306 g/mol. The molecular formula is C18H25N3O3. The second-order valence-electron chi connectivity index (χ2n) is 7.11. The van der Waals surface area contributed by atoms with Gasteiger partial charge in [-0.2, -0.15) is 4.98 Å². The maximum absolute atomic E-state index is 6.00. The molecule has 6 nitrogen and oxygen atoms in total. The summed E-state index contributed by atoms with van der Waals surface area (Å²) in [6.45, 7) is 6.37. The monoisotopic (exact) mass is 331 g/mol. The standard InChI is InChI=1S/C18H25N3O3/c1-11-9-15(11)16-4-3-14(23-16)10-19-17(13-5-7-22-8-6-13)18-20-12(2)21-24-18/h3-4,11,13,15,17,19H,5-10H2,1-2H3/t11-,15-,17-/m1/s1.